The zero-order valence-corrected chi connectivity index (χ0v) is 11.9. The average molecular weight is 249 g/mol. The fourth-order valence-corrected chi connectivity index (χ4v) is 1.66. The monoisotopic (exact) mass is 249 g/mol. The predicted molar refractivity (Wildman–Crippen MR) is 74.7 cm³/mol. The first-order valence-electron chi connectivity index (χ1n) is 6.26. The third kappa shape index (κ3) is 5.77. The first kappa shape index (κ1) is 14.6. The summed E-state index contributed by atoms with van der Waals surface area (Å²) in [4.78, 5) is 16.0. The van der Waals surface area contributed by atoms with Crippen LogP contribution in [0.1, 0.15) is 38.4 Å². The highest BCUT2D eigenvalue weighted by Crippen LogP contribution is 2.09. The normalized spacial score (nSPS) is 11.4. The maximum atomic E-state index is 11.7. The highest BCUT2D eigenvalue weighted by atomic mass is 16.1. The van der Waals surface area contributed by atoms with Crippen molar-refractivity contribution in [3.8, 4) is 0 Å². The van der Waals surface area contributed by atoms with Crippen molar-refractivity contribution in [3.63, 3.8) is 0 Å². The standard InChI is InChI=1S/C14H23N3O/c1-10-8-11(2)16-12(9-10)17-13(18)6-7-15-14(3,4)5/h8-9,15H,6-7H2,1-5H3,(H,16,17,18). The number of aromatic nitrogens is 1. The second kappa shape index (κ2) is 5.96. The molecule has 2 N–H and O–H groups in total. The van der Waals surface area contributed by atoms with Crippen LogP contribution in [0.4, 0.5) is 5.82 Å². The zero-order valence-electron chi connectivity index (χ0n) is 11.9. The van der Waals surface area contributed by atoms with Crippen molar-refractivity contribution in [3.05, 3.63) is 23.4 Å². The lowest BCUT2D eigenvalue weighted by Crippen LogP contribution is -2.37. The lowest BCUT2D eigenvalue weighted by Gasteiger charge is -2.20. The summed E-state index contributed by atoms with van der Waals surface area (Å²) in [6.45, 7) is 10.8. The molecule has 1 aromatic rings. The zero-order chi connectivity index (χ0) is 13.8. The molecule has 0 aromatic carbocycles. The Morgan fingerprint density at radius 3 is 2.50 bits per heavy atom. The Labute approximate surface area is 109 Å². The highest BCUT2D eigenvalue weighted by molar-refractivity contribution is 5.89. The summed E-state index contributed by atoms with van der Waals surface area (Å²) in [6.07, 6.45) is 0.450. The van der Waals surface area contributed by atoms with Crippen LogP contribution in [0.5, 0.6) is 0 Å². The fraction of sp³-hybridized carbons (Fsp3) is 0.571. The molecule has 0 unspecified atom stereocenters. The van der Waals surface area contributed by atoms with E-state index in [0.29, 0.717) is 18.8 Å². The van der Waals surface area contributed by atoms with Gasteiger partial charge < -0.3 is 10.6 Å². The molecule has 4 nitrogen and oxygen atoms in total. The van der Waals surface area contributed by atoms with E-state index in [9.17, 15) is 4.79 Å². The number of anilines is 1. The van der Waals surface area contributed by atoms with Crippen molar-refractivity contribution in [2.24, 2.45) is 0 Å². The van der Waals surface area contributed by atoms with E-state index >= 15 is 0 Å². The molecule has 0 radical (unpaired) electrons. The number of pyridine rings is 1. The van der Waals surface area contributed by atoms with Crippen molar-refractivity contribution in [1.29, 1.82) is 0 Å². The molecule has 4 heteroatoms. The molecule has 0 saturated heterocycles. The molecule has 1 heterocycles. The first-order chi connectivity index (χ1) is 8.26. The summed E-state index contributed by atoms with van der Waals surface area (Å²) < 4.78 is 0. The number of rotatable bonds is 4. The summed E-state index contributed by atoms with van der Waals surface area (Å²) in [5.41, 5.74) is 2.06. The van der Waals surface area contributed by atoms with Crippen LogP contribution in [0.25, 0.3) is 0 Å². The van der Waals surface area contributed by atoms with Crippen LogP contribution >= 0.6 is 0 Å². The van der Waals surface area contributed by atoms with Gasteiger partial charge in [0.2, 0.25) is 5.91 Å². The number of amides is 1. The molecule has 0 bridgehead atoms. The molecular formula is C14H23N3O. The van der Waals surface area contributed by atoms with Gasteiger partial charge in [-0.2, -0.15) is 0 Å². The van der Waals surface area contributed by atoms with Crippen molar-refractivity contribution in [2.45, 2.75) is 46.6 Å². The number of nitrogens with one attached hydrogen (secondary N) is 2. The second-order valence-electron chi connectivity index (χ2n) is 5.65. The number of hydrogen-bond acceptors (Lipinski definition) is 3. The molecule has 18 heavy (non-hydrogen) atoms. The van der Waals surface area contributed by atoms with Crippen molar-refractivity contribution in [1.82, 2.24) is 10.3 Å². The van der Waals surface area contributed by atoms with Crippen LogP contribution in [0, 0.1) is 13.8 Å². The van der Waals surface area contributed by atoms with Gasteiger partial charge >= 0.3 is 0 Å². The van der Waals surface area contributed by atoms with Crippen molar-refractivity contribution >= 4 is 11.7 Å². The Morgan fingerprint density at radius 2 is 1.94 bits per heavy atom. The van der Waals surface area contributed by atoms with Crippen LogP contribution in [0.15, 0.2) is 12.1 Å². The molecule has 1 aromatic heterocycles. The largest absolute Gasteiger partial charge is 0.312 e. The minimum atomic E-state index is -0.00995. The third-order valence-corrected chi connectivity index (χ3v) is 2.37. The smallest absolute Gasteiger partial charge is 0.226 e. The van der Waals surface area contributed by atoms with Crippen LogP contribution < -0.4 is 10.6 Å². The van der Waals surface area contributed by atoms with Gasteiger partial charge in [0.25, 0.3) is 0 Å². The number of nitrogens with zero attached hydrogens (tertiary/aromatic N) is 1. The lowest BCUT2D eigenvalue weighted by molar-refractivity contribution is -0.116. The van der Waals surface area contributed by atoms with Crippen LogP contribution in [0.3, 0.4) is 0 Å². The van der Waals surface area contributed by atoms with Gasteiger partial charge in [-0.3, -0.25) is 4.79 Å². The second-order valence-corrected chi connectivity index (χ2v) is 5.65. The van der Waals surface area contributed by atoms with Crippen molar-refractivity contribution < 1.29 is 4.79 Å². The van der Waals surface area contributed by atoms with E-state index in [4.69, 9.17) is 0 Å². The van der Waals surface area contributed by atoms with E-state index in [1.165, 1.54) is 0 Å². The van der Waals surface area contributed by atoms with E-state index in [1.807, 2.05) is 26.0 Å². The number of carbonyl (C=O) groups excluding carboxylic acids is 1. The highest BCUT2D eigenvalue weighted by Gasteiger charge is 2.10. The maximum Gasteiger partial charge on any atom is 0.226 e. The quantitative estimate of drug-likeness (QED) is 0.861. The summed E-state index contributed by atoms with van der Waals surface area (Å²) in [7, 11) is 0. The maximum absolute atomic E-state index is 11.7. The molecule has 100 valence electrons. The van der Waals surface area contributed by atoms with E-state index in [1.54, 1.807) is 0 Å². The molecule has 1 rings (SSSR count). The van der Waals surface area contributed by atoms with Crippen LogP contribution in [-0.2, 0) is 4.79 Å². The molecule has 0 aliphatic carbocycles. The van der Waals surface area contributed by atoms with Gasteiger partial charge in [0.15, 0.2) is 0 Å². The minimum absolute atomic E-state index is 0.00995. The molecule has 0 aliphatic heterocycles. The Hall–Kier alpha value is -1.42. The van der Waals surface area contributed by atoms with E-state index in [-0.39, 0.29) is 11.4 Å². The number of carbonyl (C=O) groups is 1. The van der Waals surface area contributed by atoms with Gasteiger partial charge in [-0.1, -0.05) is 0 Å². The predicted octanol–water partition coefficient (Wildman–Crippen LogP) is 2.42. The average Bonchev–Trinajstić information content (AvgIpc) is 2.12. The summed E-state index contributed by atoms with van der Waals surface area (Å²) in [5.74, 6) is 0.623. The Kier molecular flexibility index (Phi) is 4.84. The minimum Gasteiger partial charge on any atom is -0.312 e. The topological polar surface area (TPSA) is 54.0 Å². The molecular weight excluding hydrogens is 226 g/mol. The third-order valence-electron chi connectivity index (χ3n) is 2.37. The first-order valence-corrected chi connectivity index (χ1v) is 6.26. The summed E-state index contributed by atoms with van der Waals surface area (Å²) >= 11 is 0. The van der Waals surface area contributed by atoms with E-state index in [0.717, 1.165) is 11.3 Å². The number of aryl methyl sites for hydroxylation is 2. The molecule has 1 amide bonds. The van der Waals surface area contributed by atoms with E-state index in [2.05, 4.69) is 36.4 Å². The Balaban J connectivity index is 2.45. The Bertz CT molecular complexity index is 401. The Morgan fingerprint density at radius 1 is 1.28 bits per heavy atom. The fourth-order valence-electron chi connectivity index (χ4n) is 1.66. The summed E-state index contributed by atoms with van der Waals surface area (Å²) in [6, 6.07) is 3.86. The lowest BCUT2D eigenvalue weighted by atomic mass is 10.1. The number of hydrogen-bond donors (Lipinski definition) is 2. The van der Waals surface area contributed by atoms with Crippen LogP contribution in [-0.4, -0.2) is 23.0 Å². The van der Waals surface area contributed by atoms with Crippen LogP contribution in [0.2, 0.25) is 0 Å². The molecule has 0 aliphatic rings. The van der Waals surface area contributed by atoms with Gasteiger partial charge in [0.05, 0.1) is 0 Å². The van der Waals surface area contributed by atoms with Gasteiger partial charge in [-0.05, 0) is 52.3 Å². The molecule has 0 spiro atoms. The van der Waals surface area contributed by atoms with Gasteiger partial charge in [-0.15, -0.1) is 0 Å². The van der Waals surface area contributed by atoms with E-state index < -0.39 is 0 Å². The molecule has 0 fully saturated rings. The van der Waals surface area contributed by atoms with Gasteiger partial charge in [0, 0.05) is 24.2 Å². The van der Waals surface area contributed by atoms with Crippen molar-refractivity contribution in [2.75, 3.05) is 11.9 Å². The molecule has 0 saturated carbocycles. The molecule has 0 atom stereocenters. The van der Waals surface area contributed by atoms with Gasteiger partial charge in [-0.25, -0.2) is 4.98 Å². The SMILES string of the molecule is Cc1cc(C)nc(NC(=O)CCNC(C)(C)C)c1. The van der Waals surface area contributed by atoms with Gasteiger partial charge in [0.1, 0.15) is 5.82 Å². The summed E-state index contributed by atoms with van der Waals surface area (Å²) in [5, 5.41) is 6.10.